The van der Waals surface area contributed by atoms with Crippen molar-refractivity contribution in [3.8, 4) is 0 Å². The highest BCUT2D eigenvalue weighted by atomic mass is 16.1. The van der Waals surface area contributed by atoms with E-state index >= 15 is 0 Å². The predicted molar refractivity (Wildman–Crippen MR) is 98.0 cm³/mol. The molecule has 3 aromatic rings. The minimum atomic E-state index is -0.141. The van der Waals surface area contributed by atoms with Gasteiger partial charge in [0.1, 0.15) is 12.1 Å². The molecule has 1 amide bonds. The molecule has 0 aromatic carbocycles. The Balaban J connectivity index is 1.45. The van der Waals surface area contributed by atoms with Gasteiger partial charge in [-0.3, -0.25) is 9.78 Å². The van der Waals surface area contributed by atoms with Crippen molar-refractivity contribution in [2.24, 2.45) is 0 Å². The number of aromatic nitrogens is 5. The Hall–Kier alpha value is -3.03. The van der Waals surface area contributed by atoms with Gasteiger partial charge >= 0.3 is 0 Å². The Morgan fingerprint density at radius 3 is 2.85 bits per heavy atom. The van der Waals surface area contributed by atoms with Crippen molar-refractivity contribution in [2.45, 2.75) is 25.8 Å². The van der Waals surface area contributed by atoms with Gasteiger partial charge in [-0.05, 0) is 31.4 Å². The molecule has 134 valence electrons. The minimum absolute atomic E-state index is 0.141. The topological polar surface area (TPSA) is 88.8 Å². The zero-order chi connectivity index (χ0) is 17.8. The normalized spacial score (nSPS) is 14.5. The fraction of sp³-hybridized carbons (Fsp3) is 0.389. The first-order valence-corrected chi connectivity index (χ1v) is 8.92. The third kappa shape index (κ3) is 3.35. The SMILES string of the molecule is O=C(NCCn1ncc2c(N3CCCCC3)ncnc21)c1cccnc1. The molecular formula is C18H21N7O. The average molecular weight is 351 g/mol. The van der Waals surface area contributed by atoms with E-state index in [9.17, 15) is 4.79 Å². The number of piperidine rings is 1. The summed E-state index contributed by atoms with van der Waals surface area (Å²) in [6, 6.07) is 3.48. The third-order valence-electron chi connectivity index (χ3n) is 4.60. The van der Waals surface area contributed by atoms with Gasteiger partial charge in [0.2, 0.25) is 0 Å². The summed E-state index contributed by atoms with van der Waals surface area (Å²) in [6.07, 6.45) is 10.3. The second-order valence-corrected chi connectivity index (χ2v) is 6.35. The standard InChI is InChI=1S/C18H21N7O/c26-18(14-5-4-6-19-11-14)20-7-10-25-17-15(12-23-25)16(21-13-22-17)24-8-2-1-3-9-24/h4-6,11-13H,1-3,7-10H2,(H,20,26). The van der Waals surface area contributed by atoms with Crippen LogP contribution in [0.5, 0.6) is 0 Å². The number of hydrogen-bond donors (Lipinski definition) is 1. The van der Waals surface area contributed by atoms with Crippen LogP contribution in [0.15, 0.2) is 37.1 Å². The number of amides is 1. The Morgan fingerprint density at radius 1 is 1.15 bits per heavy atom. The van der Waals surface area contributed by atoms with Crippen LogP contribution < -0.4 is 10.2 Å². The highest BCUT2D eigenvalue weighted by Crippen LogP contribution is 2.25. The lowest BCUT2D eigenvalue weighted by Gasteiger charge is -2.27. The lowest BCUT2D eigenvalue weighted by Crippen LogP contribution is -2.30. The van der Waals surface area contributed by atoms with Crippen LogP contribution in [0.2, 0.25) is 0 Å². The van der Waals surface area contributed by atoms with Crippen molar-refractivity contribution in [1.82, 2.24) is 30.0 Å². The van der Waals surface area contributed by atoms with Gasteiger partial charge in [-0.1, -0.05) is 0 Å². The number of nitrogens with zero attached hydrogens (tertiary/aromatic N) is 6. The maximum absolute atomic E-state index is 12.1. The van der Waals surface area contributed by atoms with Gasteiger partial charge in [-0.2, -0.15) is 5.10 Å². The van der Waals surface area contributed by atoms with Crippen molar-refractivity contribution < 1.29 is 4.79 Å². The van der Waals surface area contributed by atoms with E-state index in [1.165, 1.54) is 19.3 Å². The molecule has 8 nitrogen and oxygen atoms in total. The average Bonchev–Trinajstić information content (AvgIpc) is 3.12. The first-order chi connectivity index (χ1) is 12.8. The number of fused-ring (bicyclic) bond motifs is 1. The van der Waals surface area contributed by atoms with Crippen LogP contribution in [-0.2, 0) is 6.54 Å². The molecule has 0 unspecified atom stereocenters. The lowest BCUT2D eigenvalue weighted by molar-refractivity contribution is 0.0951. The maximum Gasteiger partial charge on any atom is 0.252 e. The summed E-state index contributed by atoms with van der Waals surface area (Å²) >= 11 is 0. The monoisotopic (exact) mass is 351 g/mol. The van der Waals surface area contributed by atoms with Gasteiger partial charge in [-0.25, -0.2) is 14.6 Å². The van der Waals surface area contributed by atoms with Gasteiger partial charge in [0.05, 0.1) is 23.7 Å². The van der Waals surface area contributed by atoms with E-state index in [4.69, 9.17) is 0 Å². The molecule has 3 aromatic heterocycles. The van der Waals surface area contributed by atoms with Gasteiger partial charge in [0, 0.05) is 32.0 Å². The molecule has 0 bridgehead atoms. The Labute approximate surface area is 151 Å². The van der Waals surface area contributed by atoms with Gasteiger partial charge in [0.15, 0.2) is 5.65 Å². The Morgan fingerprint density at radius 2 is 2.04 bits per heavy atom. The van der Waals surface area contributed by atoms with Crippen LogP contribution in [0.25, 0.3) is 11.0 Å². The van der Waals surface area contributed by atoms with E-state index in [0.717, 1.165) is 29.9 Å². The summed E-state index contributed by atoms with van der Waals surface area (Å²) in [5.41, 5.74) is 1.35. The van der Waals surface area contributed by atoms with E-state index in [1.54, 1.807) is 30.9 Å². The molecule has 4 heterocycles. The predicted octanol–water partition coefficient (Wildman–Crippen LogP) is 1.64. The highest BCUT2D eigenvalue weighted by Gasteiger charge is 2.17. The molecule has 4 rings (SSSR count). The number of carbonyl (C=O) groups is 1. The number of pyridine rings is 1. The fourth-order valence-corrected chi connectivity index (χ4v) is 3.28. The van der Waals surface area contributed by atoms with E-state index < -0.39 is 0 Å². The molecule has 8 heteroatoms. The largest absolute Gasteiger partial charge is 0.356 e. The van der Waals surface area contributed by atoms with Crippen molar-refractivity contribution in [2.75, 3.05) is 24.5 Å². The van der Waals surface area contributed by atoms with E-state index in [0.29, 0.717) is 18.7 Å². The number of rotatable bonds is 5. The third-order valence-corrected chi connectivity index (χ3v) is 4.60. The van der Waals surface area contributed by atoms with Gasteiger partial charge in [-0.15, -0.1) is 0 Å². The zero-order valence-corrected chi connectivity index (χ0v) is 14.5. The van der Waals surface area contributed by atoms with Crippen molar-refractivity contribution in [3.05, 3.63) is 42.6 Å². The summed E-state index contributed by atoms with van der Waals surface area (Å²) < 4.78 is 1.81. The van der Waals surface area contributed by atoms with Crippen LogP contribution in [0.3, 0.4) is 0 Å². The van der Waals surface area contributed by atoms with Crippen LogP contribution in [0.4, 0.5) is 5.82 Å². The quantitative estimate of drug-likeness (QED) is 0.752. The molecule has 1 saturated heterocycles. The Kier molecular flexibility index (Phi) is 4.72. The zero-order valence-electron chi connectivity index (χ0n) is 14.5. The molecule has 1 aliphatic heterocycles. The van der Waals surface area contributed by atoms with Crippen molar-refractivity contribution in [3.63, 3.8) is 0 Å². The fourth-order valence-electron chi connectivity index (χ4n) is 3.28. The molecule has 0 saturated carbocycles. The first-order valence-electron chi connectivity index (χ1n) is 8.92. The molecule has 1 N–H and O–H groups in total. The summed E-state index contributed by atoms with van der Waals surface area (Å²) in [4.78, 5) is 27.2. The van der Waals surface area contributed by atoms with Crippen LogP contribution in [0, 0.1) is 0 Å². The lowest BCUT2D eigenvalue weighted by atomic mass is 10.1. The summed E-state index contributed by atoms with van der Waals surface area (Å²) in [7, 11) is 0. The molecular weight excluding hydrogens is 330 g/mol. The Bertz CT molecular complexity index is 887. The molecule has 0 atom stereocenters. The molecule has 1 aliphatic rings. The molecule has 0 radical (unpaired) electrons. The molecule has 0 spiro atoms. The summed E-state index contributed by atoms with van der Waals surface area (Å²) in [5, 5.41) is 8.30. The summed E-state index contributed by atoms with van der Waals surface area (Å²) in [5.74, 6) is 0.818. The number of carbonyl (C=O) groups excluding carboxylic acids is 1. The molecule has 1 fully saturated rings. The molecule has 0 aliphatic carbocycles. The van der Waals surface area contributed by atoms with Crippen LogP contribution in [-0.4, -0.2) is 50.3 Å². The minimum Gasteiger partial charge on any atom is -0.356 e. The second-order valence-electron chi connectivity index (χ2n) is 6.35. The van der Waals surface area contributed by atoms with Gasteiger partial charge in [0.25, 0.3) is 5.91 Å². The van der Waals surface area contributed by atoms with Crippen molar-refractivity contribution in [1.29, 1.82) is 0 Å². The molecule has 26 heavy (non-hydrogen) atoms. The number of hydrogen-bond acceptors (Lipinski definition) is 6. The first kappa shape index (κ1) is 16.4. The number of nitrogens with one attached hydrogen (secondary N) is 1. The smallest absolute Gasteiger partial charge is 0.252 e. The van der Waals surface area contributed by atoms with E-state index in [-0.39, 0.29) is 5.91 Å². The second kappa shape index (κ2) is 7.47. The van der Waals surface area contributed by atoms with Crippen LogP contribution >= 0.6 is 0 Å². The van der Waals surface area contributed by atoms with Crippen LogP contribution in [0.1, 0.15) is 29.6 Å². The van der Waals surface area contributed by atoms with E-state index in [1.807, 2.05) is 10.9 Å². The van der Waals surface area contributed by atoms with E-state index in [2.05, 4.69) is 30.3 Å². The highest BCUT2D eigenvalue weighted by molar-refractivity contribution is 5.93. The van der Waals surface area contributed by atoms with Crippen molar-refractivity contribution >= 4 is 22.8 Å². The van der Waals surface area contributed by atoms with Gasteiger partial charge < -0.3 is 10.2 Å². The number of anilines is 1. The maximum atomic E-state index is 12.1. The summed E-state index contributed by atoms with van der Waals surface area (Å²) in [6.45, 7) is 3.07.